The van der Waals surface area contributed by atoms with Crippen molar-refractivity contribution in [3.8, 4) is 0 Å². The highest BCUT2D eigenvalue weighted by Gasteiger charge is 2.15. The molecule has 0 unspecified atom stereocenters. The van der Waals surface area contributed by atoms with Gasteiger partial charge in [0.1, 0.15) is 5.69 Å². The summed E-state index contributed by atoms with van der Waals surface area (Å²) in [6.45, 7) is 6.54. The molecule has 3 rings (SSSR count). The Balaban J connectivity index is 0.00000192. The van der Waals surface area contributed by atoms with E-state index in [0.717, 1.165) is 23.1 Å². The van der Waals surface area contributed by atoms with Gasteiger partial charge in [0, 0.05) is 36.3 Å². The van der Waals surface area contributed by atoms with Crippen molar-refractivity contribution in [2.45, 2.75) is 39.5 Å². The lowest BCUT2D eigenvalue weighted by Gasteiger charge is -2.13. The Morgan fingerprint density at radius 3 is 2.78 bits per heavy atom. The van der Waals surface area contributed by atoms with Crippen LogP contribution in [0.2, 0.25) is 0 Å². The molecule has 0 bridgehead atoms. The summed E-state index contributed by atoms with van der Waals surface area (Å²) < 4.78 is 2.90. The molecule has 1 aromatic carbocycles. The zero-order valence-electron chi connectivity index (χ0n) is 13.2. The first kappa shape index (κ1) is 18.0. The first-order chi connectivity index (χ1) is 10.5. The van der Waals surface area contributed by atoms with Gasteiger partial charge in [-0.1, -0.05) is 18.2 Å². The molecule has 0 radical (unpaired) electrons. The summed E-state index contributed by atoms with van der Waals surface area (Å²) in [5.41, 5.74) is 4.51. The summed E-state index contributed by atoms with van der Waals surface area (Å²) in [7, 11) is 0. The van der Waals surface area contributed by atoms with Crippen LogP contribution in [0.5, 0.6) is 0 Å². The Hall–Kier alpha value is -1.30. The van der Waals surface area contributed by atoms with E-state index in [9.17, 15) is 4.79 Å². The summed E-state index contributed by atoms with van der Waals surface area (Å²) in [5, 5.41) is 6.35. The number of carbonyl (C=O) groups is 1. The molecule has 0 saturated heterocycles. The minimum absolute atomic E-state index is 0. The number of fused-ring (bicyclic) bond motifs is 1. The van der Waals surface area contributed by atoms with Crippen molar-refractivity contribution in [1.82, 2.24) is 15.2 Å². The third-order valence-electron chi connectivity index (χ3n) is 3.96. The molecule has 0 fully saturated rings. The standard InChI is InChI=1S/C17H20BrN3O.ClH/c1-11(2)21-10-15(18)6-16(21)17(22)20-7-12-3-4-13-8-19-9-14(13)5-12;/h3-6,10-11,19H,7-9H2,1-2H3,(H,20,22);1H. The predicted octanol–water partition coefficient (Wildman–Crippen LogP) is 3.79. The van der Waals surface area contributed by atoms with Crippen molar-refractivity contribution in [1.29, 1.82) is 0 Å². The van der Waals surface area contributed by atoms with Crippen LogP contribution in [-0.4, -0.2) is 10.5 Å². The maximum absolute atomic E-state index is 12.4. The first-order valence-electron chi connectivity index (χ1n) is 7.51. The van der Waals surface area contributed by atoms with Gasteiger partial charge in [-0.15, -0.1) is 12.4 Å². The molecule has 6 heteroatoms. The lowest BCUT2D eigenvalue weighted by Crippen LogP contribution is -2.25. The summed E-state index contributed by atoms with van der Waals surface area (Å²) in [6, 6.07) is 8.51. The van der Waals surface area contributed by atoms with E-state index in [0.29, 0.717) is 12.2 Å². The zero-order chi connectivity index (χ0) is 15.7. The molecular weight excluding hydrogens is 378 g/mol. The third-order valence-corrected chi connectivity index (χ3v) is 4.39. The average Bonchev–Trinajstić information content (AvgIpc) is 3.10. The second-order valence-corrected chi connectivity index (χ2v) is 6.85. The second kappa shape index (κ2) is 7.51. The molecule has 124 valence electrons. The Bertz CT molecular complexity index is 712. The minimum atomic E-state index is -0.0435. The summed E-state index contributed by atoms with van der Waals surface area (Å²) in [5.74, 6) is -0.0435. The molecule has 1 aliphatic rings. The molecule has 1 aromatic heterocycles. The molecule has 2 aromatic rings. The van der Waals surface area contributed by atoms with Crippen LogP contribution in [0.25, 0.3) is 0 Å². The van der Waals surface area contributed by atoms with Crippen LogP contribution in [-0.2, 0) is 19.6 Å². The smallest absolute Gasteiger partial charge is 0.268 e. The normalized spacial score (nSPS) is 12.9. The van der Waals surface area contributed by atoms with Crippen LogP contribution < -0.4 is 10.6 Å². The number of carbonyl (C=O) groups excluding carboxylic acids is 1. The number of benzene rings is 1. The van der Waals surface area contributed by atoms with Crippen LogP contribution >= 0.6 is 28.3 Å². The van der Waals surface area contributed by atoms with E-state index < -0.39 is 0 Å². The molecular formula is C17H21BrClN3O. The number of rotatable bonds is 4. The number of halogens is 2. The highest BCUT2D eigenvalue weighted by atomic mass is 79.9. The van der Waals surface area contributed by atoms with Gasteiger partial charge in [0.15, 0.2) is 0 Å². The molecule has 0 saturated carbocycles. The summed E-state index contributed by atoms with van der Waals surface area (Å²) in [6.07, 6.45) is 1.95. The van der Waals surface area contributed by atoms with Gasteiger partial charge in [0.05, 0.1) is 0 Å². The fourth-order valence-corrected chi connectivity index (χ4v) is 3.22. The fraction of sp³-hybridized carbons (Fsp3) is 0.353. The Kier molecular flexibility index (Phi) is 5.89. The fourth-order valence-electron chi connectivity index (χ4n) is 2.79. The number of nitrogens with one attached hydrogen (secondary N) is 2. The molecule has 0 atom stereocenters. The molecule has 23 heavy (non-hydrogen) atoms. The van der Waals surface area contributed by atoms with Gasteiger partial charge >= 0.3 is 0 Å². The number of amides is 1. The first-order valence-corrected chi connectivity index (χ1v) is 8.31. The number of hydrogen-bond acceptors (Lipinski definition) is 2. The molecule has 2 N–H and O–H groups in total. The van der Waals surface area contributed by atoms with Gasteiger partial charge in [0.2, 0.25) is 0 Å². The van der Waals surface area contributed by atoms with E-state index in [4.69, 9.17) is 0 Å². The largest absolute Gasteiger partial charge is 0.347 e. The van der Waals surface area contributed by atoms with Gasteiger partial charge in [0.25, 0.3) is 5.91 Å². The van der Waals surface area contributed by atoms with Crippen LogP contribution in [0.3, 0.4) is 0 Å². The monoisotopic (exact) mass is 397 g/mol. The lowest BCUT2D eigenvalue weighted by molar-refractivity contribution is 0.0940. The van der Waals surface area contributed by atoms with E-state index in [1.54, 1.807) is 0 Å². The molecule has 0 spiro atoms. The maximum Gasteiger partial charge on any atom is 0.268 e. The van der Waals surface area contributed by atoms with Gasteiger partial charge in [-0.25, -0.2) is 0 Å². The van der Waals surface area contributed by atoms with Crippen molar-refractivity contribution in [3.05, 3.63) is 57.3 Å². The molecule has 1 amide bonds. The van der Waals surface area contributed by atoms with E-state index in [1.165, 1.54) is 11.1 Å². The Morgan fingerprint density at radius 2 is 2.04 bits per heavy atom. The quantitative estimate of drug-likeness (QED) is 0.823. The van der Waals surface area contributed by atoms with E-state index >= 15 is 0 Å². The number of aromatic nitrogens is 1. The van der Waals surface area contributed by atoms with Crippen LogP contribution in [0.4, 0.5) is 0 Å². The van der Waals surface area contributed by atoms with Crippen molar-refractivity contribution >= 4 is 34.2 Å². The van der Waals surface area contributed by atoms with E-state index in [2.05, 4.69) is 58.6 Å². The molecule has 0 aliphatic carbocycles. The van der Waals surface area contributed by atoms with E-state index in [1.807, 2.05) is 16.8 Å². The van der Waals surface area contributed by atoms with Gasteiger partial charge < -0.3 is 15.2 Å². The van der Waals surface area contributed by atoms with Crippen LogP contribution in [0, 0.1) is 0 Å². The number of hydrogen-bond donors (Lipinski definition) is 2. The van der Waals surface area contributed by atoms with Gasteiger partial charge in [-0.2, -0.15) is 0 Å². The van der Waals surface area contributed by atoms with Gasteiger partial charge in [-0.3, -0.25) is 4.79 Å². The summed E-state index contributed by atoms with van der Waals surface area (Å²) >= 11 is 3.44. The van der Waals surface area contributed by atoms with Gasteiger partial charge in [-0.05, 0) is 52.5 Å². The third kappa shape index (κ3) is 3.97. The van der Waals surface area contributed by atoms with Crippen molar-refractivity contribution in [3.63, 3.8) is 0 Å². The number of nitrogens with zero attached hydrogens (tertiary/aromatic N) is 1. The average molecular weight is 399 g/mol. The molecule has 1 aliphatic heterocycles. The predicted molar refractivity (Wildman–Crippen MR) is 97.9 cm³/mol. The maximum atomic E-state index is 12.4. The second-order valence-electron chi connectivity index (χ2n) is 5.93. The van der Waals surface area contributed by atoms with Crippen molar-refractivity contribution in [2.24, 2.45) is 0 Å². The van der Waals surface area contributed by atoms with E-state index in [-0.39, 0.29) is 24.4 Å². The lowest BCUT2D eigenvalue weighted by atomic mass is 10.1. The highest BCUT2D eigenvalue weighted by molar-refractivity contribution is 9.10. The topological polar surface area (TPSA) is 46.1 Å². The molecule has 4 nitrogen and oxygen atoms in total. The van der Waals surface area contributed by atoms with Crippen LogP contribution in [0.15, 0.2) is 34.9 Å². The van der Waals surface area contributed by atoms with Crippen molar-refractivity contribution in [2.75, 3.05) is 0 Å². The minimum Gasteiger partial charge on any atom is -0.347 e. The zero-order valence-corrected chi connectivity index (χ0v) is 15.6. The Labute approximate surface area is 151 Å². The molecule has 2 heterocycles. The van der Waals surface area contributed by atoms with Crippen molar-refractivity contribution < 1.29 is 4.79 Å². The SMILES string of the molecule is CC(C)n1cc(Br)cc1C(=O)NCc1ccc2c(c1)CNC2.Cl. The highest BCUT2D eigenvalue weighted by Crippen LogP contribution is 2.20. The Morgan fingerprint density at radius 1 is 1.30 bits per heavy atom. The van der Waals surface area contributed by atoms with Crippen LogP contribution in [0.1, 0.15) is 47.1 Å². The summed E-state index contributed by atoms with van der Waals surface area (Å²) in [4.78, 5) is 12.4.